The summed E-state index contributed by atoms with van der Waals surface area (Å²) < 4.78 is 17.2. The van der Waals surface area contributed by atoms with Gasteiger partial charge in [-0.15, -0.1) is 0 Å². The number of esters is 2. The van der Waals surface area contributed by atoms with Crippen LogP contribution in [0, 0.1) is 23.7 Å². The third-order valence-electron chi connectivity index (χ3n) is 7.96. The highest BCUT2D eigenvalue weighted by molar-refractivity contribution is 6.37. The van der Waals surface area contributed by atoms with Crippen LogP contribution in [0.25, 0.3) is 0 Å². The maximum Gasteiger partial charge on any atom is 0.378 e. The van der Waals surface area contributed by atoms with Crippen LogP contribution >= 0.6 is 0 Å². The smallest absolute Gasteiger partial charge is 0.378 e. The van der Waals surface area contributed by atoms with Gasteiger partial charge < -0.3 is 24.4 Å². The quantitative estimate of drug-likeness (QED) is 0.356. The molecule has 0 aromatic rings. The summed E-state index contributed by atoms with van der Waals surface area (Å²) in [5, 5.41) is 22.3. The Labute approximate surface area is 187 Å². The molecule has 0 unspecified atom stereocenters. The molecule has 3 saturated heterocycles. The molecule has 8 heteroatoms. The zero-order chi connectivity index (χ0) is 23.8. The van der Waals surface area contributed by atoms with Crippen LogP contribution < -0.4 is 0 Å². The van der Waals surface area contributed by atoms with Crippen molar-refractivity contribution in [1.82, 2.24) is 0 Å². The summed E-state index contributed by atoms with van der Waals surface area (Å²) >= 11 is 0. The topological polar surface area (TPSA) is 119 Å². The molecule has 0 amide bonds. The molecule has 4 aliphatic rings. The Morgan fingerprint density at radius 2 is 1.78 bits per heavy atom. The molecule has 0 saturated carbocycles. The molecule has 4 rings (SSSR count). The minimum atomic E-state index is -1.87. The van der Waals surface area contributed by atoms with E-state index in [1.165, 1.54) is 6.92 Å². The van der Waals surface area contributed by atoms with Gasteiger partial charge in [0.05, 0.1) is 12.0 Å². The van der Waals surface area contributed by atoms with Gasteiger partial charge in [0.15, 0.2) is 5.79 Å². The van der Waals surface area contributed by atoms with Crippen LogP contribution in [-0.4, -0.2) is 51.0 Å². The highest BCUT2D eigenvalue weighted by Crippen LogP contribution is 2.53. The van der Waals surface area contributed by atoms with Crippen molar-refractivity contribution in [3.63, 3.8) is 0 Å². The standard InChI is InChI=1S/C24H32O8/c1-11(2)24(29)14-8-7-12(3)18-15-16(23(6,28)31-18)20(26)30-17(15)13(4)9-10-22(14,5)32-21(27)19(24)25/h7,11,14-16,18,28-29H,8-10H2,1-6H3/b12-7-,17-13?/t14-,15-,16+,18+,22-,23+,24-/m0/s1. The molecule has 0 aromatic heterocycles. The Hall–Kier alpha value is -2.03. The second-order valence-electron chi connectivity index (χ2n) is 10.4. The Morgan fingerprint density at radius 1 is 1.12 bits per heavy atom. The Morgan fingerprint density at radius 3 is 2.41 bits per heavy atom. The van der Waals surface area contributed by atoms with Crippen molar-refractivity contribution in [2.75, 3.05) is 0 Å². The number of ketones is 1. The van der Waals surface area contributed by atoms with Gasteiger partial charge in [0.1, 0.15) is 22.9 Å². The molecule has 0 spiro atoms. The monoisotopic (exact) mass is 448 g/mol. The molecule has 0 aromatic carbocycles. The fourth-order valence-corrected chi connectivity index (χ4v) is 5.97. The summed E-state index contributed by atoms with van der Waals surface area (Å²) in [4.78, 5) is 37.9. The number of aliphatic hydroxyl groups is 2. The van der Waals surface area contributed by atoms with Crippen LogP contribution in [0.5, 0.6) is 0 Å². The SMILES string of the molecule is CC1=C2OC(=O)[C@H]3[C@@H]2[C@H](O[C@@]3(C)O)/C(C)=C\C[C@H]2[C@](C)(CC1)OC(=O)C(=O)[C@]2(O)C(C)C. The lowest BCUT2D eigenvalue weighted by molar-refractivity contribution is -0.214. The Kier molecular flexibility index (Phi) is 5.23. The summed E-state index contributed by atoms with van der Waals surface area (Å²) in [6, 6.07) is 0. The molecule has 1 aliphatic carbocycles. The van der Waals surface area contributed by atoms with Gasteiger partial charge in [-0.25, -0.2) is 4.79 Å². The first kappa shape index (κ1) is 23.1. The van der Waals surface area contributed by atoms with E-state index in [1.807, 2.05) is 19.9 Å². The molecule has 0 bridgehead atoms. The largest absolute Gasteiger partial charge is 0.453 e. The van der Waals surface area contributed by atoms with E-state index in [0.717, 1.165) is 11.1 Å². The molecule has 176 valence electrons. The number of Topliss-reactive ketones (excluding diaryl/α,β-unsaturated/α-hetero) is 1. The minimum absolute atomic E-state index is 0.263. The highest BCUT2D eigenvalue weighted by atomic mass is 16.7. The Bertz CT molecular complexity index is 944. The van der Waals surface area contributed by atoms with Gasteiger partial charge >= 0.3 is 11.9 Å². The van der Waals surface area contributed by atoms with E-state index in [2.05, 4.69) is 0 Å². The fraction of sp³-hybridized carbons (Fsp3) is 0.708. The lowest BCUT2D eigenvalue weighted by atomic mass is 9.63. The van der Waals surface area contributed by atoms with Gasteiger partial charge in [-0.1, -0.05) is 19.9 Å². The van der Waals surface area contributed by atoms with Gasteiger partial charge in [0, 0.05) is 5.92 Å². The van der Waals surface area contributed by atoms with Gasteiger partial charge in [-0.05, 0) is 64.0 Å². The first-order chi connectivity index (χ1) is 14.7. The highest BCUT2D eigenvalue weighted by Gasteiger charge is 2.64. The van der Waals surface area contributed by atoms with Crippen LogP contribution in [0.4, 0.5) is 0 Å². The number of hydrogen-bond donors (Lipinski definition) is 2. The number of carbonyl (C=O) groups is 3. The normalized spacial score (nSPS) is 46.2. The number of rotatable bonds is 1. The van der Waals surface area contributed by atoms with E-state index in [4.69, 9.17) is 14.2 Å². The summed E-state index contributed by atoms with van der Waals surface area (Å²) in [6.07, 6.45) is 2.28. The number of allylic oxidation sites excluding steroid dienone is 2. The van der Waals surface area contributed by atoms with E-state index < -0.39 is 64.5 Å². The lowest BCUT2D eigenvalue weighted by Crippen LogP contribution is -2.66. The minimum Gasteiger partial charge on any atom is -0.453 e. The predicted octanol–water partition coefficient (Wildman–Crippen LogP) is 2.17. The predicted molar refractivity (Wildman–Crippen MR) is 112 cm³/mol. The van der Waals surface area contributed by atoms with Gasteiger partial charge in [-0.2, -0.15) is 0 Å². The molecular formula is C24H32O8. The maximum absolute atomic E-state index is 12.8. The molecule has 0 radical (unpaired) electrons. The molecule has 8 nitrogen and oxygen atoms in total. The molecule has 3 aliphatic heterocycles. The van der Waals surface area contributed by atoms with E-state index in [-0.39, 0.29) is 6.42 Å². The van der Waals surface area contributed by atoms with Crippen molar-refractivity contribution in [1.29, 1.82) is 0 Å². The first-order valence-electron chi connectivity index (χ1n) is 11.2. The summed E-state index contributed by atoms with van der Waals surface area (Å²) in [7, 11) is 0. The lowest BCUT2D eigenvalue weighted by Gasteiger charge is -2.50. The third-order valence-corrected chi connectivity index (χ3v) is 7.96. The molecule has 3 fully saturated rings. The van der Waals surface area contributed by atoms with Crippen molar-refractivity contribution >= 4 is 17.7 Å². The average Bonchev–Trinajstić information content (AvgIpc) is 3.19. The van der Waals surface area contributed by atoms with Crippen LogP contribution in [0.3, 0.4) is 0 Å². The van der Waals surface area contributed by atoms with Gasteiger partial charge in [-0.3, -0.25) is 9.59 Å². The summed E-state index contributed by atoms with van der Waals surface area (Å²) in [5.41, 5.74) is -1.44. The number of hydrogen-bond acceptors (Lipinski definition) is 8. The van der Waals surface area contributed by atoms with Crippen LogP contribution in [0.2, 0.25) is 0 Å². The summed E-state index contributed by atoms with van der Waals surface area (Å²) in [5.74, 6) is -6.13. The van der Waals surface area contributed by atoms with Crippen molar-refractivity contribution in [2.45, 2.75) is 83.9 Å². The van der Waals surface area contributed by atoms with Crippen LogP contribution in [0.1, 0.15) is 60.8 Å². The maximum atomic E-state index is 12.8. The van der Waals surface area contributed by atoms with Gasteiger partial charge in [0.25, 0.3) is 5.78 Å². The van der Waals surface area contributed by atoms with E-state index >= 15 is 0 Å². The molecule has 3 heterocycles. The van der Waals surface area contributed by atoms with Crippen LogP contribution in [-0.2, 0) is 28.6 Å². The van der Waals surface area contributed by atoms with Crippen LogP contribution in [0.15, 0.2) is 23.0 Å². The van der Waals surface area contributed by atoms with E-state index in [0.29, 0.717) is 18.6 Å². The second kappa shape index (κ2) is 7.23. The average molecular weight is 449 g/mol. The summed E-state index contributed by atoms with van der Waals surface area (Å²) in [6.45, 7) is 10.3. The molecule has 2 N–H and O–H groups in total. The van der Waals surface area contributed by atoms with Gasteiger partial charge in [0.2, 0.25) is 0 Å². The molecule has 7 atom stereocenters. The fourth-order valence-electron chi connectivity index (χ4n) is 5.97. The zero-order valence-electron chi connectivity index (χ0n) is 19.4. The second-order valence-corrected chi connectivity index (χ2v) is 10.4. The first-order valence-corrected chi connectivity index (χ1v) is 11.2. The van der Waals surface area contributed by atoms with Crippen molar-refractivity contribution < 1.29 is 38.8 Å². The molecular weight excluding hydrogens is 416 g/mol. The molecule has 32 heavy (non-hydrogen) atoms. The van der Waals surface area contributed by atoms with Crippen molar-refractivity contribution in [2.24, 2.45) is 23.7 Å². The van der Waals surface area contributed by atoms with Crippen molar-refractivity contribution in [3.05, 3.63) is 23.0 Å². The number of carbonyl (C=O) groups excluding carboxylic acids is 3. The van der Waals surface area contributed by atoms with E-state index in [1.54, 1.807) is 20.8 Å². The van der Waals surface area contributed by atoms with Crippen molar-refractivity contribution in [3.8, 4) is 0 Å². The number of ether oxygens (including phenoxy) is 3. The van der Waals surface area contributed by atoms with E-state index in [9.17, 15) is 24.6 Å². The number of fused-ring (bicyclic) bond motifs is 1. The zero-order valence-corrected chi connectivity index (χ0v) is 19.4. The Balaban J connectivity index is 1.85. The third kappa shape index (κ3) is 3.10.